The van der Waals surface area contributed by atoms with E-state index in [1.165, 1.54) is 0 Å². The van der Waals surface area contributed by atoms with Gasteiger partial charge in [0.05, 0.1) is 24.0 Å². The Balaban J connectivity index is 0.00000320. The molecular weight excluding hydrogens is 493 g/mol. The lowest BCUT2D eigenvalue weighted by atomic mass is 10.1. The first-order chi connectivity index (χ1) is 14.3. The maximum absolute atomic E-state index is 5.97. The second-order valence-electron chi connectivity index (χ2n) is 7.16. The van der Waals surface area contributed by atoms with Crippen LogP contribution in [0.5, 0.6) is 0 Å². The number of nitrogens with zero attached hydrogens (tertiary/aromatic N) is 4. The quantitative estimate of drug-likeness (QED) is 0.234. The molecule has 8 heteroatoms. The molecule has 0 radical (unpaired) electrons. The van der Waals surface area contributed by atoms with Crippen LogP contribution in [0.25, 0.3) is 5.69 Å². The molecule has 1 N–H and O–H groups in total. The molecule has 0 spiro atoms. The number of likely N-dealkylation sites (tertiary alicyclic amines) is 1. The minimum absolute atomic E-state index is 0. The van der Waals surface area contributed by atoms with Crippen LogP contribution in [0.15, 0.2) is 47.6 Å². The average Bonchev–Trinajstić information content (AvgIpc) is 3.24. The Morgan fingerprint density at radius 3 is 2.63 bits per heavy atom. The molecule has 1 aromatic carbocycles. The first-order valence-electron chi connectivity index (χ1n) is 10.5. The van der Waals surface area contributed by atoms with Gasteiger partial charge in [-0.25, -0.2) is 9.67 Å². The van der Waals surface area contributed by atoms with Gasteiger partial charge < -0.3 is 19.7 Å². The number of hydrogen-bond donors (Lipinski definition) is 1. The van der Waals surface area contributed by atoms with Crippen molar-refractivity contribution in [2.75, 3.05) is 40.0 Å². The molecule has 2 heterocycles. The normalized spacial score (nSPS) is 15.1. The summed E-state index contributed by atoms with van der Waals surface area (Å²) in [5.74, 6) is 0.958. The van der Waals surface area contributed by atoms with Crippen LogP contribution in [0.4, 0.5) is 0 Å². The monoisotopic (exact) mass is 527 g/mol. The van der Waals surface area contributed by atoms with Gasteiger partial charge in [-0.05, 0) is 44.4 Å². The second-order valence-corrected chi connectivity index (χ2v) is 7.16. The van der Waals surface area contributed by atoms with Gasteiger partial charge in [0.25, 0.3) is 0 Å². The second kappa shape index (κ2) is 13.6. The summed E-state index contributed by atoms with van der Waals surface area (Å²) in [6, 6.07) is 12.2. The number of methoxy groups -OCH3 is 1. The van der Waals surface area contributed by atoms with Crippen molar-refractivity contribution in [3.63, 3.8) is 0 Å². The standard InChI is InChI=1S/C22H33N5O2.HI/c1-3-23-22(26-13-11-21(12-14-26)29-17-7-16-28-2)24-18-19-10-15-27(25-19)20-8-5-4-6-9-20;/h4-6,8-10,15,21H,3,7,11-14,16-18H2,1-2H3,(H,23,24);1H. The van der Waals surface area contributed by atoms with Crippen LogP contribution in [0.3, 0.4) is 0 Å². The van der Waals surface area contributed by atoms with Gasteiger partial charge in [-0.3, -0.25) is 0 Å². The summed E-state index contributed by atoms with van der Waals surface area (Å²) in [7, 11) is 1.73. The molecule has 1 aromatic heterocycles. The molecule has 0 saturated carbocycles. The third kappa shape index (κ3) is 7.55. The Morgan fingerprint density at radius 2 is 1.93 bits per heavy atom. The van der Waals surface area contributed by atoms with E-state index < -0.39 is 0 Å². The minimum Gasteiger partial charge on any atom is -0.385 e. The molecule has 0 atom stereocenters. The van der Waals surface area contributed by atoms with E-state index in [0.29, 0.717) is 12.6 Å². The van der Waals surface area contributed by atoms with Gasteiger partial charge in [0, 0.05) is 46.2 Å². The van der Waals surface area contributed by atoms with Crippen molar-refractivity contribution in [3.05, 3.63) is 48.3 Å². The summed E-state index contributed by atoms with van der Waals surface area (Å²) in [4.78, 5) is 7.15. The van der Waals surface area contributed by atoms with Crippen LogP contribution in [-0.2, 0) is 16.0 Å². The fourth-order valence-corrected chi connectivity index (χ4v) is 3.44. The number of rotatable bonds is 9. The largest absolute Gasteiger partial charge is 0.385 e. The summed E-state index contributed by atoms with van der Waals surface area (Å²) in [5.41, 5.74) is 2.02. The highest BCUT2D eigenvalue weighted by atomic mass is 127. The Labute approximate surface area is 196 Å². The molecule has 30 heavy (non-hydrogen) atoms. The van der Waals surface area contributed by atoms with Gasteiger partial charge >= 0.3 is 0 Å². The van der Waals surface area contributed by atoms with Crippen LogP contribution in [0.2, 0.25) is 0 Å². The lowest BCUT2D eigenvalue weighted by Gasteiger charge is -2.34. The van der Waals surface area contributed by atoms with Crippen LogP contribution < -0.4 is 5.32 Å². The number of ether oxygens (including phenoxy) is 2. The zero-order valence-electron chi connectivity index (χ0n) is 18.0. The number of nitrogens with one attached hydrogen (secondary N) is 1. The van der Waals surface area contributed by atoms with E-state index in [1.807, 2.05) is 47.3 Å². The maximum Gasteiger partial charge on any atom is 0.194 e. The van der Waals surface area contributed by atoms with Crippen molar-refractivity contribution in [1.82, 2.24) is 20.0 Å². The molecule has 1 aliphatic heterocycles. The number of aliphatic imine (C=N–C) groups is 1. The van der Waals surface area contributed by atoms with E-state index in [1.54, 1.807) is 7.11 Å². The molecule has 166 valence electrons. The van der Waals surface area contributed by atoms with Crippen molar-refractivity contribution in [2.45, 2.75) is 38.8 Å². The molecule has 1 fully saturated rings. The van der Waals surface area contributed by atoms with E-state index in [4.69, 9.17) is 14.5 Å². The fraction of sp³-hybridized carbons (Fsp3) is 0.545. The summed E-state index contributed by atoms with van der Waals surface area (Å²) in [6.45, 7) is 6.97. The van der Waals surface area contributed by atoms with E-state index in [0.717, 1.165) is 69.5 Å². The third-order valence-corrected chi connectivity index (χ3v) is 4.98. The van der Waals surface area contributed by atoms with Crippen molar-refractivity contribution in [1.29, 1.82) is 0 Å². The summed E-state index contributed by atoms with van der Waals surface area (Å²) < 4.78 is 12.9. The lowest BCUT2D eigenvalue weighted by Crippen LogP contribution is -2.47. The first-order valence-corrected chi connectivity index (χ1v) is 10.5. The topological polar surface area (TPSA) is 63.9 Å². The summed E-state index contributed by atoms with van der Waals surface area (Å²) in [5, 5.41) is 8.07. The van der Waals surface area contributed by atoms with Crippen LogP contribution >= 0.6 is 24.0 Å². The van der Waals surface area contributed by atoms with Gasteiger partial charge in [0.15, 0.2) is 5.96 Å². The lowest BCUT2D eigenvalue weighted by molar-refractivity contribution is 0.00990. The highest BCUT2D eigenvalue weighted by molar-refractivity contribution is 14.0. The molecule has 0 unspecified atom stereocenters. The van der Waals surface area contributed by atoms with Gasteiger partial charge in [0.2, 0.25) is 0 Å². The molecule has 0 aliphatic carbocycles. The molecule has 1 aliphatic rings. The predicted octanol–water partition coefficient (Wildman–Crippen LogP) is 3.47. The van der Waals surface area contributed by atoms with Gasteiger partial charge in [-0.15, -0.1) is 24.0 Å². The van der Waals surface area contributed by atoms with Gasteiger partial charge in [0.1, 0.15) is 0 Å². The van der Waals surface area contributed by atoms with E-state index in [-0.39, 0.29) is 24.0 Å². The Morgan fingerprint density at radius 1 is 1.17 bits per heavy atom. The SMILES string of the molecule is CCNC(=NCc1ccn(-c2ccccc2)n1)N1CCC(OCCCOC)CC1.I. The van der Waals surface area contributed by atoms with Crippen LogP contribution in [-0.4, -0.2) is 66.7 Å². The van der Waals surface area contributed by atoms with Crippen molar-refractivity contribution in [3.8, 4) is 5.69 Å². The van der Waals surface area contributed by atoms with Crippen LogP contribution in [0.1, 0.15) is 31.9 Å². The van der Waals surface area contributed by atoms with Crippen LogP contribution in [0, 0.1) is 0 Å². The Hall–Kier alpha value is -1.65. The minimum atomic E-state index is 0. The number of piperidine rings is 1. The maximum atomic E-state index is 5.97. The number of para-hydroxylation sites is 1. The Kier molecular flexibility index (Phi) is 11.2. The number of benzene rings is 1. The predicted molar refractivity (Wildman–Crippen MR) is 131 cm³/mol. The first kappa shape index (κ1) is 24.6. The summed E-state index contributed by atoms with van der Waals surface area (Å²) in [6.07, 6.45) is 5.34. The number of halogens is 1. The molecular formula is C22H34IN5O2. The molecule has 7 nitrogen and oxygen atoms in total. The highest BCUT2D eigenvalue weighted by Gasteiger charge is 2.21. The van der Waals surface area contributed by atoms with Crippen molar-refractivity contribution in [2.24, 2.45) is 4.99 Å². The average molecular weight is 527 g/mol. The molecule has 3 rings (SSSR count). The highest BCUT2D eigenvalue weighted by Crippen LogP contribution is 2.15. The fourth-order valence-electron chi connectivity index (χ4n) is 3.44. The van der Waals surface area contributed by atoms with E-state index in [2.05, 4.69) is 22.2 Å². The number of aromatic nitrogens is 2. The number of guanidine groups is 1. The van der Waals surface area contributed by atoms with Gasteiger partial charge in [-0.1, -0.05) is 18.2 Å². The van der Waals surface area contributed by atoms with Crippen molar-refractivity contribution < 1.29 is 9.47 Å². The van der Waals surface area contributed by atoms with Crippen molar-refractivity contribution >= 4 is 29.9 Å². The number of hydrogen-bond acceptors (Lipinski definition) is 4. The molecule has 0 amide bonds. The molecule has 0 bridgehead atoms. The van der Waals surface area contributed by atoms with Gasteiger partial charge in [-0.2, -0.15) is 5.10 Å². The zero-order chi connectivity index (χ0) is 20.3. The smallest absolute Gasteiger partial charge is 0.194 e. The summed E-state index contributed by atoms with van der Waals surface area (Å²) >= 11 is 0. The zero-order valence-corrected chi connectivity index (χ0v) is 20.3. The van der Waals surface area contributed by atoms with E-state index in [9.17, 15) is 0 Å². The molecule has 2 aromatic rings. The third-order valence-electron chi connectivity index (χ3n) is 4.98. The molecule has 1 saturated heterocycles. The van der Waals surface area contributed by atoms with E-state index >= 15 is 0 Å². The Bertz CT molecular complexity index is 745.